The predicted octanol–water partition coefficient (Wildman–Crippen LogP) is 3.93. The topological polar surface area (TPSA) is 12.0 Å². The fourth-order valence-electron chi connectivity index (χ4n) is 2.21. The lowest BCUT2D eigenvalue weighted by Gasteiger charge is -2.29. The molecule has 1 atom stereocenters. The Morgan fingerprint density at radius 1 is 1.50 bits per heavy atom. The van der Waals surface area contributed by atoms with Crippen LogP contribution in [-0.2, 0) is 0 Å². The quantitative estimate of drug-likeness (QED) is 0.842. The molecule has 1 unspecified atom stereocenters. The fraction of sp³-hybridized carbons (Fsp3) is 0.538. The molecule has 0 spiro atoms. The van der Waals surface area contributed by atoms with Gasteiger partial charge < -0.3 is 5.32 Å². The van der Waals surface area contributed by atoms with Gasteiger partial charge in [-0.1, -0.05) is 36.9 Å². The van der Waals surface area contributed by atoms with Crippen molar-refractivity contribution >= 4 is 11.6 Å². The van der Waals surface area contributed by atoms with Gasteiger partial charge in [-0.05, 0) is 37.1 Å². The number of benzene rings is 1. The summed E-state index contributed by atoms with van der Waals surface area (Å²) in [6.45, 7) is 0. The minimum absolute atomic E-state index is 0.197. The summed E-state index contributed by atoms with van der Waals surface area (Å²) < 4.78 is 13.3. The van der Waals surface area contributed by atoms with Crippen LogP contribution in [0.3, 0.4) is 0 Å². The van der Waals surface area contributed by atoms with E-state index in [1.54, 1.807) is 12.1 Å². The largest absolute Gasteiger partial charge is 0.313 e. The van der Waals surface area contributed by atoms with E-state index < -0.39 is 0 Å². The first-order valence-corrected chi connectivity index (χ1v) is 6.20. The second kappa shape index (κ2) is 5.15. The molecule has 0 bridgehead atoms. The van der Waals surface area contributed by atoms with Crippen LogP contribution in [0.5, 0.6) is 0 Å². The van der Waals surface area contributed by atoms with Gasteiger partial charge in [0.15, 0.2) is 0 Å². The summed E-state index contributed by atoms with van der Waals surface area (Å²) in [6, 6.07) is 5.34. The molecule has 1 fully saturated rings. The summed E-state index contributed by atoms with van der Waals surface area (Å²) in [5.41, 5.74) is 0.997. The average Bonchev–Trinajstić information content (AvgIpc) is 2.21. The van der Waals surface area contributed by atoms with Crippen LogP contribution in [0.15, 0.2) is 18.2 Å². The van der Waals surface area contributed by atoms with Gasteiger partial charge in [-0.3, -0.25) is 0 Å². The SMILES string of the molecule is CNC(CC1CCC1)c1ccc(Cl)c(F)c1. The van der Waals surface area contributed by atoms with Crippen molar-refractivity contribution in [2.75, 3.05) is 7.05 Å². The van der Waals surface area contributed by atoms with E-state index in [9.17, 15) is 4.39 Å². The van der Waals surface area contributed by atoms with Crippen LogP contribution >= 0.6 is 11.6 Å². The Kier molecular flexibility index (Phi) is 3.82. The summed E-state index contributed by atoms with van der Waals surface area (Å²) in [5.74, 6) is 0.476. The molecule has 88 valence electrons. The first-order chi connectivity index (χ1) is 7.70. The van der Waals surface area contributed by atoms with Gasteiger partial charge in [-0.15, -0.1) is 0 Å². The lowest BCUT2D eigenvalue weighted by atomic mass is 9.79. The molecular formula is C13H17ClFN. The molecule has 3 heteroatoms. The zero-order valence-electron chi connectivity index (χ0n) is 9.47. The Morgan fingerprint density at radius 3 is 2.75 bits per heavy atom. The molecule has 0 radical (unpaired) electrons. The van der Waals surface area contributed by atoms with E-state index in [0.717, 1.165) is 17.9 Å². The third kappa shape index (κ3) is 2.55. The van der Waals surface area contributed by atoms with Gasteiger partial charge in [0.25, 0.3) is 0 Å². The molecule has 0 heterocycles. The number of nitrogens with one attached hydrogen (secondary N) is 1. The van der Waals surface area contributed by atoms with Crippen LogP contribution in [0.2, 0.25) is 5.02 Å². The molecule has 0 aromatic heterocycles. The third-order valence-electron chi connectivity index (χ3n) is 3.49. The van der Waals surface area contributed by atoms with Crippen molar-refractivity contribution in [2.45, 2.75) is 31.7 Å². The minimum Gasteiger partial charge on any atom is -0.313 e. The standard InChI is InChI=1S/C13H17ClFN/c1-16-13(7-9-3-2-4-9)10-5-6-11(14)12(15)8-10/h5-6,8-9,13,16H,2-4,7H2,1H3. The second-order valence-electron chi connectivity index (χ2n) is 4.55. The maximum atomic E-state index is 13.3. The summed E-state index contributed by atoms with van der Waals surface area (Å²) in [7, 11) is 1.93. The monoisotopic (exact) mass is 241 g/mol. The van der Waals surface area contributed by atoms with E-state index >= 15 is 0 Å². The van der Waals surface area contributed by atoms with Crippen LogP contribution in [0.4, 0.5) is 4.39 Å². The van der Waals surface area contributed by atoms with Crippen molar-refractivity contribution < 1.29 is 4.39 Å². The number of hydrogen-bond donors (Lipinski definition) is 1. The van der Waals surface area contributed by atoms with Gasteiger partial charge in [0, 0.05) is 6.04 Å². The van der Waals surface area contributed by atoms with E-state index in [1.807, 2.05) is 13.1 Å². The van der Waals surface area contributed by atoms with Gasteiger partial charge in [-0.2, -0.15) is 0 Å². The highest BCUT2D eigenvalue weighted by atomic mass is 35.5. The number of halogens is 2. The highest BCUT2D eigenvalue weighted by Gasteiger charge is 2.22. The Balaban J connectivity index is 2.09. The minimum atomic E-state index is -0.326. The van der Waals surface area contributed by atoms with Crippen LogP contribution in [-0.4, -0.2) is 7.05 Å². The molecular weight excluding hydrogens is 225 g/mol. The molecule has 1 aliphatic rings. The van der Waals surface area contributed by atoms with Crippen LogP contribution in [0.1, 0.15) is 37.3 Å². The number of hydrogen-bond acceptors (Lipinski definition) is 1. The lowest BCUT2D eigenvalue weighted by Crippen LogP contribution is -2.23. The molecule has 1 aliphatic carbocycles. The first kappa shape index (κ1) is 11.9. The molecule has 0 aliphatic heterocycles. The second-order valence-corrected chi connectivity index (χ2v) is 4.95. The van der Waals surface area contributed by atoms with Gasteiger partial charge in [-0.25, -0.2) is 4.39 Å². The fourth-order valence-corrected chi connectivity index (χ4v) is 2.33. The molecule has 1 nitrogen and oxygen atoms in total. The van der Waals surface area contributed by atoms with Crippen LogP contribution < -0.4 is 5.32 Å². The van der Waals surface area contributed by atoms with E-state index in [-0.39, 0.29) is 16.9 Å². The molecule has 2 rings (SSSR count). The Bertz CT molecular complexity index is 363. The van der Waals surface area contributed by atoms with E-state index in [2.05, 4.69) is 5.32 Å². The molecule has 1 aromatic carbocycles. The summed E-state index contributed by atoms with van der Waals surface area (Å²) >= 11 is 5.68. The van der Waals surface area contributed by atoms with Crippen molar-refractivity contribution in [2.24, 2.45) is 5.92 Å². The van der Waals surface area contributed by atoms with Gasteiger partial charge in [0.2, 0.25) is 0 Å². The molecule has 16 heavy (non-hydrogen) atoms. The van der Waals surface area contributed by atoms with Crippen molar-refractivity contribution in [1.29, 1.82) is 0 Å². The zero-order chi connectivity index (χ0) is 11.5. The van der Waals surface area contributed by atoms with Crippen molar-refractivity contribution in [3.63, 3.8) is 0 Å². The van der Waals surface area contributed by atoms with Gasteiger partial charge >= 0.3 is 0 Å². The van der Waals surface area contributed by atoms with Crippen molar-refractivity contribution in [1.82, 2.24) is 5.32 Å². The summed E-state index contributed by atoms with van der Waals surface area (Å²) in [5, 5.41) is 3.45. The number of rotatable bonds is 4. The predicted molar refractivity (Wildman–Crippen MR) is 65.2 cm³/mol. The average molecular weight is 242 g/mol. The zero-order valence-corrected chi connectivity index (χ0v) is 10.2. The normalized spacial score (nSPS) is 18.2. The maximum absolute atomic E-state index is 13.3. The molecule has 1 N–H and O–H groups in total. The van der Waals surface area contributed by atoms with Crippen LogP contribution in [0, 0.1) is 11.7 Å². The van der Waals surface area contributed by atoms with Gasteiger partial charge in [0.1, 0.15) is 5.82 Å². The smallest absolute Gasteiger partial charge is 0.142 e. The lowest BCUT2D eigenvalue weighted by molar-refractivity contribution is 0.265. The Hall–Kier alpha value is -0.600. The maximum Gasteiger partial charge on any atom is 0.142 e. The highest BCUT2D eigenvalue weighted by Crippen LogP contribution is 2.35. The highest BCUT2D eigenvalue weighted by molar-refractivity contribution is 6.30. The third-order valence-corrected chi connectivity index (χ3v) is 3.79. The summed E-state index contributed by atoms with van der Waals surface area (Å²) in [4.78, 5) is 0. The van der Waals surface area contributed by atoms with Crippen molar-refractivity contribution in [3.05, 3.63) is 34.6 Å². The van der Waals surface area contributed by atoms with E-state index in [4.69, 9.17) is 11.6 Å². The van der Waals surface area contributed by atoms with Gasteiger partial charge in [0.05, 0.1) is 5.02 Å². The van der Waals surface area contributed by atoms with E-state index in [0.29, 0.717) is 0 Å². The van der Waals surface area contributed by atoms with E-state index in [1.165, 1.54) is 19.3 Å². The van der Waals surface area contributed by atoms with Crippen LogP contribution in [0.25, 0.3) is 0 Å². The Morgan fingerprint density at radius 2 is 2.25 bits per heavy atom. The van der Waals surface area contributed by atoms with Crippen molar-refractivity contribution in [3.8, 4) is 0 Å². The molecule has 0 amide bonds. The molecule has 0 saturated heterocycles. The molecule has 1 saturated carbocycles. The summed E-state index contributed by atoms with van der Waals surface area (Å²) in [6.07, 6.45) is 5.07. The molecule has 1 aromatic rings. The Labute approximate surface area is 101 Å². The first-order valence-electron chi connectivity index (χ1n) is 5.83.